The number of amides is 1. The van der Waals surface area contributed by atoms with E-state index in [1.165, 1.54) is 0 Å². The van der Waals surface area contributed by atoms with Crippen molar-refractivity contribution in [1.29, 1.82) is 0 Å². The molecule has 0 spiro atoms. The Bertz CT molecular complexity index is 947. The van der Waals surface area contributed by atoms with Crippen molar-refractivity contribution in [2.24, 2.45) is 7.05 Å². The molecule has 3 aromatic rings. The summed E-state index contributed by atoms with van der Waals surface area (Å²) in [6.07, 6.45) is 5.62. The van der Waals surface area contributed by atoms with Gasteiger partial charge in [-0.15, -0.1) is 0 Å². The summed E-state index contributed by atoms with van der Waals surface area (Å²) in [4.78, 5) is 25.7. The molecule has 0 radical (unpaired) electrons. The second-order valence-corrected chi connectivity index (χ2v) is 6.53. The lowest BCUT2D eigenvalue weighted by molar-refractivity contribution is 0.0956. The summed E-state index contributed by atoms with van der Waals surface area (Å²) in [6, 6.07) is 3.69. The summed E-state index contributed by atoms with van der Waals surface area (Å²) >= 11 is 0. The van der Waals surface area contributed by atoms with Crippen molar-refractivity contribution in [2.45, 2.75) is 25.7 Å². The average molecular weight is 351 g/mol. The smallest absolute Gasteiger partial charge is 0.252 e. The second kappa shape index (κ2) is 6.70. The van der Waals surface area contributed by atoms with E-state index in [9.17, 15) is 4.79 Å². The van der Waals surface area contributed by atoms with Gasteiger partial charge in [0.05, 0.1) is 16.6 Å². The van der Waals surface area contributed by atoms with Crippen LogP contribution < -0.4 is 10.6 Å². The Morgan fingerprint density at radius 2 is 2.04 bits per heavy atom. The first-order chi connectivity index (χ1) is 12.6. The normalized spacial score (nSPS) is 13.8. The zero-order chi connectivity index (χ0) is 18.1. The molecule has 1 amide bonds. The second-order valence-electron chi connectivity index (χ2n) is 6.53. The van der Waals surface area contributed by atoms with E-state index < -0.39 is 0 Å². The highest BCUT2D eigenvalue weighted by Crippen LogP contribution is 2.40. The first-order valence-corrected chi connectivity index (χ1v) is 8.77. The van der Waals surface area contributed by atoms with Gasteiger partial charge in [0.25, 0.3) is 5.91 Å². The lowest BCUT2D eigenvalue weighted by Gasteiger charge is -2.09. The number of aromatic nitrogens is 5. The predicted octanol–water partition coefficient (Wildman–Crippen LogP) is 1.79. The molecule has 0 saturated heterocycles. The average Bonchev–Trinajstić information content (AvgIpc) is 3.46. The number of carbonyl (C=O) groups excluding carboxylic acids is 1. The van der Waals surface area contributed by atoms with Crippen LogP contribution in [-0.2, 0) is 7.05 Å². The van der Waals surface area contributed by atoms with Gasteiger partial charge in [-0.2, -0.15) is 5.10 Å². The fourth-order valence-electron chi connectivity index (χ4n) is 3.07. The monoisotopic (exact) mass is 351 g/mol. The molecule has 4 rings (SSSR count). The molecule has 1 fully saturated rings. The molecule has 3 heterocycles. The lowest BCUT2D eigenvalue weighted by Crippen LogP contribution is -2.29. The number of aryl methyl sites for hydroxylation is 2. The van der Waals surface area contributed by atoms with Gasteiger partial charge in [0, 0.05) is 44.1 Å². The Labute approximate surface area is 151 Å². The predicted molar refractivity (Wildman–Crippen MR) is 98.1 cm³/mol. The van der Waals surface area contributed by atoms with E-state index in [1.807, 2.05) is 20.0 Å². The summed E-state index contributed by atoms with van der Waals surface area (Å²) in [5.74, 6) is 0.913. The third kappa shape index (κ3) is 3.22. The van der Waals surface area contributed by atoms with Crippen LogP contribution in [0.2, 0.25) is 0 Å². The summed E-state index contributed by atoms with van der Waals surface area (Å²) in [7, 11) is 1.87. The van der Waals surface area contributed by atoms with Crippen LogP contribution in [0, 0.1) is 6.92 Å². The highest BCUT2D eigenvalue weighted by molar-refractivity contribution is 6.06. The van der Waals surface area contributed by atoms with Crippen LogP contribution in [0.4, 0.5) is 5.95 Å². The molecule has 3 aromatic heterocycles. The summed E-state index contributed by atoms with van der Waals surface area (Å²) in [5, 5.41) is 11.3. The molecule has 1 saturated carbocycles. The van der Waals surface area contributed by atoms with Gasteiger partial charge in [0.15, 0.2) is 5.65 Å². The van der Waals surface area contributed by atoms with Gasteiger partial charge in [0.2, 0.25) is 5.95 Å². The maximum absolute atomic E-state index is 12.8. The van der Waals surface area contributed by atoms with E-state index in [0.29, 0.717) is 30.5 Å². The van der Waals surface area contributed by atoms with Gasteiger partial charge in [0.1, 0.15) is 0 Å². The van der Waals surface area contributed by atoms with Crippen molar-refractivity contribution in [3.63, 3.8) is 0 Å². The molecule has 8 heteroatoms. The minimum atomic E-state index is -0.105. The number of fused-ring (bicyclic) bond motifs is 1. The van der Waals surface area contributed by atoms with Crippen molar-refractivity contribution in [3.8, 4) is 0 Å². The number of nitrogens with one attached hydrogen (secondary N) is 2. The number of carbonyl (C=O) groups is 1. The van der Waals surface area contributed by atoms with Gasteiger partial charge in [-0.3, -0.25) is 9.48 Å². The van der Waals surface area contributed by atoms with Crippen molar-refractivity contribution in [3.05, 3.63) is 41.5 Å². The van der Waals surface area contributed by atoms with E-state index in [2.05, 4.69) is 25.7 Å². The highest BCUT2D eigenvalue weighted by Gasteiger charge is 2.28. The fraction of sp³-hybridized carbons (Fsp3) is 0.389. The number of nitrogens with zero attached hydrogens (tertiary/aromatic N) is 5. The van der Waals surface area contributed by atoms with Gasteiger partial charge >= 0.3 is 0 Å². The molecule has 0 unspecified atom stereocenters. The Morgan fingerprint density at radius 1 is 1.27 bits per heavy atom. The first-order valence-electron chi connectivity index (χ1n) is 8.77. The van der Waals surface area contributed by atoms with Gasteiger partial charge in [-0.1, -0.05) is 0 Å². The molecule has 2 N–H and O–H groups in total. The van der Waals surface area contributed by atoms with Crippen molar-refractivity contribution in [1.82, 2.24) is 30.0 Å². The molecule has 0 aliphatic heterocycles. The maximum atomic E-state index is 12.8. The van der Waals surface area contributed by atoms with E-state index in [-0.39, 0.29) is 5.91 Å². The molecule has 26 heavy (non-hydrogen) atoms. The number of pyridine rings is 1. The number of anilines is 1. The standard InChI is InChI=1S/C18H21N7O/c1-11-15-13(10-14(12-4-5-12)23-16(15)25(2)24-11)17(26)19-8-9-22-18-20-6-3-7-21-18/h3,6-7,10,12H,4-5,8-9H2,1-2H3,(H,19,26)(H,20,21,22). The van der Waals surface area contributed by atoms with Crippen molar-refractivity contribution >= 4 is 22.9 Å². The van der Waals surface area contributed by atoms with Gasteiger partial charge in [-0.05, 0) is 31.9 Å². The molecule has 1 aliphatic carbocycles. The SMILES string of the molecule is Cc1nn(C)c2nc(C3CC3)cc(C(=O)NCCNc3ncccn3)c12. The van der Waals surface area contributed by atoms with Crippen molar-refractivity contribution in [2.75, 3.05) is 18.4 Å². The van der Waals surface area contributed by atoms with Crippen LogP contribution >= 0.6 is 0 Å². The van der Waals surface area contributed by atoms with Crippen molar-refractivity contribution < 1.29 is 4.79 Å². The van der Waals surface area contributed by atoms with Crippen LogP contribution in [0.25, 0.3) is 11.0 Å². The molecule has 0 atom stereocenters. The molecular formula is C18H21N7O. The lowest BCUT2D eigenvalue weighted by atomic mass is 10.1. The summed E-state index contributed by atoms with van der Waals surface area (Å²) in [6.45, 7) is 2.93. The van der Waals surface area contributed by atoms with E-state index in [0.717, 1.165) is 35.3 Å². The number of hydrogen-bond donors (Lipinski definition) is 2. The topological polar surface area (TPSA) is 97.6 Å². The zero-order valence-electron chi connectivity index (χ0n) is 14.9. The van der Waals surface area contributed by atoms with Crippen LogP contribution in [0.15, 0.2) is 24.5 Å². The first kappa shape index (κ1) is 16.4. The highest BCUT2D eigenvalue weighted by atomic mass is 16.1. The zero-order valence-corrected chi connectivity index (χ0v) is 14.9. The van der Waals surface area contributed by atoms with Crippen LogP contribution in [-0.4, -0.2) is 43.7 Å². The molecule has 134 valence electrons. The third-order valence-electron chi connectivity index (χ3n) is 4.49. The van der Waals surface area contributed by atoms with Crippen LogP contribution in [0.1, 0.15) is 40.5 Å². The Morgan fingerprint density at radius 3 is 2.77 bits per heavy atom. The third-order valence-corrected chi connectivity index (χ3v) is 4.49. The molecule has 0 aromatic carbocycles. The quantitative estimate of drug-likeness (QED) is 0.657. The molecule has 0 bridgehead atoms. The largest absolute Gasteiger partial charge is 0.352 e. The number of hydrogen-bond acceptors (Lipinski definition) is 6. The Balaban J connectivity index is 1.50. The molecular weight excluding hydrogens is 330 g/mol. The molecule has 1 aliphatic rings. The summed E-state index contributed by atoms with van der Waals surface area (Å²) in [5.41, 5.74) is 3.23. The minimum absolute atomic E-state index is 0.105. The molecule has 8 nitrogen and oxygen atoms in total. The van der Waals surface area contributed by atoms with Crippen LogP contribution in [0.3, 0.4) is 0 Å². The Hall–Kier alpha value is -3.03. The number of rotatable bonds is 6. The van der Waals surface area contributed by atoms with Gasteiger partial charge in [-0.25, -0.2) is 15.0 Å². The maximum Gasteiger partial charge on any atom is 0.252 e. The minimum Gasteiger partial charge on any atom is -0.352 e. The fourth-order valence-corrected chi connectivity index (χ4v) is 3.07. The van der Waals surface area contributed by atoms with E-state index >= 15 is 0 Å². The van der Waals surface area contributed by atoms with Gasteiger partial charge < -0.3 is 10.6 Å². The van der Waals surface area contributed by atoms with Crippen LogP contribution in [0.5, 0.6) is 0 Å². The Kier molecular flexibility index (Phi) is 4.24. The van der Waals surface area contributed by atoms with E-state index in [1.54, 1.807) is 23.1 Å². The summed E-state index contributed by atoms with van der Waals surface area (Å²) < 4.78 is 1.75. The van der Waals surface area contributed by atoms with E-state index in [4.69, 9.17) is 4.98 Å².